The summed E-state index contributed by atoms with van der Waals surface area (Å²) in [5.74, 6) is 0. The molecule has 1 heterocycles. The van der Waals surface area contributed by atoms with E-state index in [2.05, 4.69) is 374 Å². The predicted octanol–water partition coefficient (Wildman–Crippen LogP) is 25.2. The van der Waals surface area contributed by atoms with Crippen LogP contribution in [0.2, 0.25) is 0 Å². The third kappa shape index (κ3) is 12.1. The van der Waals surface area contributed by atoms with Crippen LogP contribution in [0.5, 0.6) is 0 Å². The average molecular weight is 1230 g/mol. The maximum atomic E-state index is 5.44. The van der Waals surface area contributed by atoms with Crippen molar-refractivity contribution in [2.75, 3.05) is 9.80 Å². The van der Waals surface area contributed by atoms with Gasteiger partial charge in [-0.2, -0.15) is 0 Å². The van der Waals surface area contributed by atoms with Gasteiger partial charge in [0.15, 0.2) is 0 Å². The third-order valence-corrected chi connectivity index (χ3v) is 18.1. The van der Waals surface area contributed by atoms with Crippen molar-refractivity contribution in [2.24, 2.45) is 0 Å². The molecule has 0 N–H and O–H groups in total. The number of hydrogen-bond acceptors (Lipinski definition) is 4. The number of nitrogens with zero attached hydrogens (tertiary/aromatic N) is 4. The quantitative estimate of drug-likeness (QED) is 0.0965. The lowest BCUT2D eigenvalue weighted by molar-refractivity contribution is 1.26. The molecule has 0 saturated heterocycles. The Morgan fingerprint density at radius 1 is 0.146 bits per heavy atom. The van der Waals surface area contributed by atoms with Crippen LogP contribution in [0, 0.1) is 0 Å². The molecule has 4 heteroatoms. The Labute approximate surface area is 561 Å². The molecule has 16 rings (SSSR count). The zero-order valence-corrected chi connectivity index (χ0v) is 52.7. The second-order valence-electron chi connectivity index (χ2n) is 24.1. The molecule has 4 nitrogen and oxygen atoms in total. The van der Waals surface area contributed by atoms with E-state index in [9.17, 15) is 0 Å². The molecular weight excluding hydrogens is 1160 g/mol. The van der Waals surface area contributed by atoms with Gasteiger partial charge in [-0.25, -0.2) is 9.97 Å². The summed E-state index contributed by atoms with van der Waals surface area (Å²) < 4.78 is 0. The lowest BCUT2D eigenvalue weighted by Crippen LogP contribution is -2.10. The lowest BCUT2D eigenvalue weighted by Gasteiger charge is -2.27. The van der Waals surface area contributed by atoms with E-state index in [0.29, 0.717) is 0 Å². The Kier molecular flexibility index (Phi) is 16.1. The first-order valence-corrected chi connectivity index (χ1v) is 32.7. The molecule has 0 aliphatic heterocycles. The highest BCUT2D eigenvalue weighted by atomic mass is 15.1. The smallest absolute Gasteiger partial charge is 0.0973 e. The number of fused-ring (bicyclic) bond motifs is 1. The number of aromatic nitrogens is 2. The van der Waals surface area contributed by atoms with Gasteiger partial charge in [0.05, 0.1) is 22.4 Å². The van der Waals surface area contributed by atoms with Gasteiger partial charge >= 0.3 is 0 Å². The zero-order valence-electron chi connectivity index (χ0n) is 52.7. The number of anilines is 6. The van der Waals surface area contributed by atoms with Crippen molar-refractivity contribution in [2.45, 2.75) is 0 Å². The van der Waals surface area contributed by atoms with E-state index in [1.165, 1.54) is 55.6 Å². The molecule has 0 amide bonds. The largest absolute Gasteiger partial charge is 0.310 e. The van der Waals surface area contributed by atoms with Crippen molar-refractivity contribution in [3.8, 4) is 112 Å². The second kappa shape index (κ2) is 26.5. The van der Waals surface area contributed by atoms with Crippen molar-refractivity contribution in [1.82, 2.24) is 9.97 Å². The van der Waals surface area contributed by atoms with Gasteiger partial charge in [0.2, 0.25) is 0 Å². The van der Waals surface area contributed by atoms with Crippen LogP contribution in [0.15, 0.2) is 388 Å². The Morgan fingerprint density at radius 2 is 0.365 bits per heavy atom. The number of rotatable bonds is 16. The number of para-hydroxylation sites is 2. The summed E-state index contributed by atoms with van der Waals surface area (Å²) in [4.78, 5) is 15.6. The summed E-state index contributed by atoms with van der Waals surface area (Å²) in [7, 11) is 0. The molecule has 1 aromatic heterocycles. The van der Waals surface area contributed by atoms with Gasteiger partial charge < -0.3 is 9.80 Å². The van der Waals surface area contributed by atoms with Crippen LogP contribution in [-0.2, 0) is 0 Å². The molecule has 0 unspecified atom stereocenters. The molecular formula is C92H64N4. The van der Waals surface area contributed by atoms with Crippen LogP contribution >= 0.6 is 0 Å². The first-order valence-electron chi connectivity index (χ1n) is 32.7. The van der Waals surface area contributed by atoms with Crippen molar-refractivity contribution < 1.29 is 0 Å². The van der Waals surface area contributed by atoms with Crippen LogP contribution < -0.4 is 9.80 Å². The van der Waals surface area contributed by atoms with Crippen molar-refractivity contribution in [3.63, 3.8) is 0 Å². The van der Waals surface area contributed by atoms with Gasteiger partial charge in [0, 0.05) is 45.3 Å². The fourth-order valence-corrected chi connectivity index (χ4v) is 13.2. The molecule has 0 radical (unpaired) electrons. The van der Waals surface area contributed by atoms with Gasteiger partial charge in [-0.05, 0) is 174 Å². The highest BCUT2D eigenvalue weighted by Crippen LogP contribution is 2.44. The Balaban J connectivity index is 0.764. The summed E-state index contributed by atoms with van der Waals surface area (Å²) >= 11 is 0. The molecule has 0 aliphatic rings. The normalized spacial score (nSPS) is 11.1. The summed E-state index contributed by atoms with van der Waals surface area (Å²) in [6.07, 6.45) is 0. The average Bonchev–Trinajstić information content (AvgIpc) is 0.825. The van der Waals surface area contributed by atoms with Gasteiger partial charge in [-0.15, -0.1) is 0 Å². The van der Waals surface area contributed by atoms with E-state index in [4.69, 9.17) is 9.97 Å². The standard InChI is InChI=1S/C92H64N4/c1-5-21-65(22-6-1)67-39-43-69(44-40-67)71-47-55-79(56-48-71)95(83-31-19-29-77(63-83)87-35-15-13-33-85(87)73-25-9-3-10-26-73)81-59-51-75(52-60-81)91-92(94-90-38-18-17-37-89(90)93-91)76-53-61-82(62-54-76)96(80-57-49-72(50-58-80)70-45-41-68(42-46-70)66-23-7-2-8-24-66)84-32-20-30-78(64-84)88-36-16-14-34-86(88)74-27-11-4-12-28-74/h1-64H. The van der Waals surface area contributed by atoms with E-state index >= 15 is 0 Å². The summed E-state index contributed by atoms with van der Waals surface area (Å²) in [6, 6.07) is 139. The molecule has 0 fully saturated rings. The Hall–Kier alpha value is -12.8. The molecule has 15 aromatic carbocycles. The second-order valence-corrected chi connectivity index (χ2v) is 24.1. The van der Waals surface area contributed by atoms with Crippen LogP contribution in [0.4, 0.5) is 34.1 Å². The van der Waals surface area contributed by atoms with Gasteiger partial charge in [0.1, 0.15) is 0 Å². The monoisotopic (exact) mass is 1220 g/mol. The van der Waals surface area contributed by atoms with E-state index in [1.807, 2.05) is 24.3 Å². The van der Waals surface area contributed by atoms with Gasteiger partial charge in [0.25, 0.3) is 0 Å². The maximum absolute atomic E-state index is 5.44. The van der Waals surface area contributed by atoms with Crippen LogP contribution in [-0.4, -0.2) is 9.97 Å². The minimum absolute atomic E-state index is 0.802. The lowest BCUT2D eigenvalue weighted by atomic mass is 9.94. The molecule has 0 saturated carbocycles. The first-order chi connectivity index (χ1) is 47.6. The summed E-state index contributed by atoms with van der Waals surface area (Å²) in [6.45, 7) is 0. The highest BCUT2D eigenvalue weighted by Gasteiger charge is 2.21. The van der Waals surface area contributed by atoms with Gasteiger partial charge in [-0.1, -0.05) is 303 Å². The predicted molar refractivity (Wildman–Crippen MR) is 403 cm³/mol. The van der Waals surface area contributed by atoms with Crippen molar-refractivity contribution in [3.05, 3.63) is 388 Å². The third-order valence-electron chi connectivity index (χ3n) is 18.1. The molecule has 0 atom stereocenters. The fraction of sp³-hybridized carbons (Fsp3) is 0. The topological polar surface area (TPSA) is 32.3 Å². The van der Waals surface area contributed by atoms with Crippen molar-refractivity contribution in [1.29, 1.82) is 0 Å². The van der Waals surface area contributed by atoms with E-state index < -0.39 is 0 Å². The van der Waals surface area contributed by atoms with Gasteiger partial charge in [-0.3, -0.25) is 0 Å². The van der Waals surface area contributed by atoms with E-state index in [0.717, 1.165) is 101 Å². The number of hydrogen-bond donors (Lipinski definition) is 0. The number of benzene rings is 15. The molecule has 452 valence electrons. The first kappa shape index (κ1) is 58.3. The Morgan fingerprint density at radius 3 is 0.667 bits per heavy atom. The van der Waals surface area contributed by atoms with E-state index in [-0.39, 0.29) is 0 Å². The summed E-state index contributed by atoms with van der Waals surface area (Å²) in [5, 5.41) is 0. The van der Waals surface area contributed by atoms with Crippen molar-refractivity contribution >= 4 is 45.2 Å². The highest BCUT2D eigenvalue weighted by molar-refractivity contribution is 5.92. The van der Waals surface area contributed by atoms with E-state index in [1.54, 1.807) is 0 Å². The maximum Gasteiger partial charge on any atom is 0.0973 e. The molecule has 0 bridgehead atoms. The fourth-order valence-electron chi connectivity index (χ4n) is 13.2. The molecule has 96 heavy (non-hydrogen) atoms. The zero-order chi connectivity index (χ0) is 64.0. The van der Waals surface area contributed by atoms with Crippen LogP contribution in [0.3, 0.4) is 0 Å². The Bertz CT molecular complexity index is 4990. The molecule has 16 aromatic rings. The van der Waals surface area contributed by atoms with Crippen LogP contribution in [0.25, 0.3) is 123 Å². The minimum atomic E-state index is 0.802. The molecule has 0 spiro atoms. The summed E-state index contributed by atoms with van der Waals surface area (Å²) in [5.41, 5.74) is 30.1. The van der Waals surface area contributed by atoms with Crippen LogP contribution in [0.1, 0.15) is 0 Å². The SMILES string of the molecule is c1ccc(-c2ccc(-c3ccc(N(c4ccc(-c5nc6ccccc6nc5-c5ccc(N(c6ccc(-c7ccc(-c8ccccc8)cc7)cc6)c6cccc(-c7ccccc7-c7ccccc7)c6)cc5)cc4)c4cccc(-c5ccccc5-c5ccccc5)c4)cc3)cc2)cc1. The molecule has 0 aliphatic carbocycles. The minimum Gasteiger partial charge on any atom is -0.310 e.